The molecule has 0 atom stereocenters. The van der Waals surface area contributed by atoms with Crippen molar-refractivity contribution in [3.63, 3.8) is 0 Å². The molecule has 0 unspecified atom stereocenters. The van der Waals surface area contributed by atoms with Crippen molar-refractivity contribution < 1.29 is 9.90 Å². The number of aromatic nitrogens is 3. The van der Waals surface area contributed by atoms with Crippen LogP contribution in [0.15, 0.2) is 0 Å². The van der Waals surface area contributed by atoms with Crippen LogP contribution in [0.5, 0.6) is 5.88 Å². The van der Waals surface area contributed by atoms with Gasteiger partial charge in [0.15, 0.2) is 5.78 Å². The summed E-state index contributed by atoms with van der Waals surface area (Å²) in [7, 11) is 0. The fourth-order valence-corrected chi connectivity index (χ4v) is 0.832. The quantitative estimate of drug-likeness (QED) is 0.741. The molecule has 0 aliphatic heterocycles. The van der Waals surface area contributed by atoms with Crippen molar-refractivity contribution in [1.29, 1.82) is 0 Å². The van der Waals surface area contributed by atoms with E-state index in [1.165, 1.54) is 4.68 Å². The van der Waals surface area contributed by atoms with Gasteiger partial charge in [-0.1, -0.05) is 24.2 Å². The number of ketones is 1. The molecule has 1 heterocycles. The number of Topliss-reactive ketones (excluding diaryl/α,β-unsaturated/α-hetero) is 1. The van der Waals surface area contributed by atoms with Crippen LogP contribution in [0.4, 0.5) is 0 Å². The van der Waals surface area contributed by atoms with Gasteiger partial charge in [-0.25, -0.2) is 4.68 Å². The van der Waals surface area contributed by atoms with E-state index in [4.69, 9.17) is 5.11 Å². The number of aromatic hydroxyl groups is 1. The maximum absolute atomic E-state index is 11.3. The van der Waals surface area contributed by atoms with Gasteiger partial charge >= 0.3 is 0 Å². The van der Waals surface area contributed by atoms with Crippen LogP contribution < -0.4 is 0 Å². The molecule has 0 saturated carbocycles. The Kier molecular flexibility index (Phi) is 2.65. The first-order valence-electron chi connectivity index (χ1n) is 4.14. The molecule has 0 fully saturated rings. The molecule has 5 heteroatoms. The molecule has 0 aliphatic rings. The molecular weight excluding hydrogens is 170 g/mol. The van der Waals surface area contributed by atoms with Crippen LogP contribution in [0.1, 0.15) is 19.5 Å². The van der Waals surface area contributed by atoms with Crippen LogP contribution in [0.3, 0.4) is 0 Å². The molecule has 0 radical (unpaired) electrons. The molecule has 1 aromatic rings. The minimum atomic E-state index is -0.114. The molecule has 0 bridgehead atoms. The maximum atomic E-state index is 11.3. The summed E-state index contributed by atoms with van der Waals surface area (Å²) in [5, 5.41) is 16.2. The van der Waals surface area contributed by atoms with Crippen LogP contribution in [-0.2, 0) is 11.3 Å². The lowest BCUT2D eigenvalue weighted by Gasteiger charge is -2.04. The summed E-state index contributed by atoms with van der Waals surface area (Å²) in [4.78, 5) is 11.3. The number of carbonyl (C=O) groups is 1. The summed E-state index contributed by atoms with van der Waals surface area (Å²) in [6, 6.07) is 0. The van der Waals surface area contributed by atoms with E-state index in [2.05, 4.69) is 10.3 Å². The lowest BCUT2D eigenvalue weighted by molar-refractivity contribution is -0.122. The van der Waals surface area contributed by atoms with Crippen LogP contribution in [0.25, 0.3) is 0 Å². The van der Waals surface area contributed by atoms with Gasteiger partial charge in [-0.05, 0) is 6.92 Å². The first-order valence-corrected chi connectivity index (χ1v) is 4.14. The van der Waals surface area contributed by atoms with Gasteiger partial charge in [-0.2, -0.15) is 0 Å². The molecule has 72 valence electrons. The molecule has 5 nitrogen and oxygen atoms in total. The third kappa shape index (κ3) is 2.05. The normalized spacial score (nSPS) is 10.8. The van der Waals surface area contributed by atoms with E-state index in [9.17, 15) is 4.79 Å². The highest BCUT2D eigenvalue weighted by Gasteiger charge is 2.12. The molecule has 1 aromatic heterocycles. The summed E-state index contributed by atoms with van der Waals surface area (Å²) in [6.45, 7) is 5.50. The monoisotopic (exact) mass is 183 g/mol. The summed E-state index contributed by atoms with van der Waals surface area (Å²) in [6.07, 6.45) is 0. The van der Waals surface area contributed by atoms with E-state index in [-0.39, 0.29) is 24.1 Å². The highest BCUT2D eigenvalue weighted by atomic mass is 16.3. The zero-order chi connectivity index (χ0) is 10.0. The lowest BCUT2D eigenvalue weighted by Crippen LogP contribution is -2.17. The van der Waals surface area contributed by atoms with Gasteiger partial charge in [0.2, 0.25) is 0 Å². The Labute approximate surface area is 76.4 Å². The van der Waals surface area contributed by atoms with E-state index in [0.29, 0.717) is 5.69 Å². The van der Waals surface area contributed by atoms with Crippen molar-refractivity contribution in [2.24, 2.45) is 5.92 Å². The Balaban J connectivity index is 2.75. The second-order valence-corrected chi connectivity index (χ2v) is 3.28. The van der Waals surface area contributed by atoms with Crippen LogP contribution in [-0.4, -0.2) is 25.9 Å². The molecule has 13 heavy (non-hydrogen) atoms. The number of nitrogens with zero attached hydrogens (tertiary/aromatic N) is 3. The number of hydrogen-bond donors (Lipinski definition) is 1. The topological polar surface area (TPSA) is 68.0 Å². The van der Waals surface area contributed by atoms with E-state index in [1.54, 1.807) is 6.92 Å². The van der Waals surface area contributed by atoms with Crippen LogP contribution >= 0.6 is 0 Å². The first-order chi connectivity index (χ1) is 6.02. The number of rotatable bonds is 3. The van der Waals surface area contributed by atoms with Crippen molar-refractivity contribution in [2.75, 3.05) is 0 Å². The summed E-state index contributed by atoms with van der Waals surface area (Å²) in [5.41, 5.74) is 0.522. The fraction of sp³-hybridized carbons (Fsp3) is 0.625. The molecular formula is C8H13N3O2. The Hall–Kier alpha value is -1.39. The summed E-state index contributed by atoms with van der Waals surface area (Å²) >= 11 is 0. The Bertz CT molecular complexity index is 317. The zero-order valence-corrected chi connectivity index (χ0v) is 7.98. The van der Waals surface area contributed by atoms with E-state index in [0.717, 1.165) is 0 Å². The largest absolute Gasteiger partial charge is 0.491 e. The Morgan fingerprint density at radius 3 is 2.62 bits per heavy atom. The number of carbonyl (C=O) groups excluding carboxylic acids is 1. The minimum Gasteiger partial charge on any atom is -0.491 e. The maximum Gasteiger partial charge on any atom is 0.254 e. The average molecular weight is 183 g/mol. The van der Waals surface area contributed by atoms with Crippen LogP contribution in [0, 0.1) is 12.8 Å². The zero-order valence-electron chi connectivity index (χ0n) is 7.98. The van der Waals surface area contributed by atoms with Crippen molar-refractivity contribution in [2.45, 2.75) is 27.3 Å². The number of hydrogen-bond acceptors (Lipinski definition) is 4. The van der Waals surface area contributed by atoms with Crippen molar-refractivity contribution in [1.82, 2.24) is 15.0 Å². The lowest BCUT2D eigenvalue weighted by atomic mass is 10.1. The summed E-state index contributed by atoms with van der Waals surface area (Å²) < 4.78 is 1.40. The van der Waals surface area contributed by atoms with Crippen molar-refractivity contribution >= 4 is 5.78 Å². The average Bonchev–Trinajstić information content (AvgIpc) is 2.36. The SMILES string of the molecule is Cc1c(O)nnn1CC(=O)C(C)C. The predicted octanol–water partition coefficient (Wildman–Crippen LogP) is 0.517. The highest BCUT2D eigenvalue weighted by Crippen LogP contribution is 2.10. The summed E-state index contributed by atoms with van der Waals surface area (Å²) in [5.74, 6) is -0.0599. The molecule has 0 spiro atoms. The molecule has 1 rings (SSSR count). The molecule has 0 aliphatic carbocycles. The van der Waals surface area contributed by atoms with E-state index in [1.807, 2.05) is 13.8 Å². The standard InChI is InChI=1S/C8H13N3O2/c1-5(2)7(12)4-11-6(3)8(13)9-10-11/h5,13H,4H2,1-3H3. The van der Waals surface area contributed by atoms with Crippen LogP contribution in [0.2, 0.25) is 0 Å². The van der Waals surface area contributed by atoms with Gasteiger partial charge < -0.3 is 5.11 Å². The molecule has 0 saturated heterocycles. The van der Waals surface area contributed by atoms with Gasteiger partial charge in [0.05, 0.1) is 5.69 Å². The van der Waals surface area contributed by atoms with E-state index < -0.39 is 0 Å². The second kappa shape index (κ2) is 3.55. The molecule has 0 aromatic carbocycles. The Morgan fingerprint density at radius 2 is 2.23 bits per heavy atom. The molecule has 1 N–H and O–H groups in total. The van der Waals surface area contributed by atoms with E-state index >= 15 is 0 Å². The molecule has 0 amide bonds. The van der Waals surface area contributed by atoms with Gasteiger partial charge in [0.25, 0.3) is 5.88 Å². The van der Waals surface area contributed by atoms with Gasteiger partial charge in [0, 0.05) is 5.92 Å². The predicted molar refractivity (Wildman–Crippen MR) is 46.3 cm³/mol. The third-order valence-corrected chi connectivity index (χ3v) is 1.91. The fourth-order valence-electron chi connectivity index (χ4n) is 0.832. The van der Waals surface area contributed by atoms with Crippen molar-refractivity contribution in [3.8, 4) is 5.88 Å². The van der Waals surface area contributed by atoms with Gasteiger partial charge in [-0.3, -0.25) is 4.79 Å². The van der Waals surface area contributed by atoms with Gasteiger partial charge in [-0.15, -0.1) is 0 Å². The minimum absolute atomic E-state index is 0.0225. The third-order valence-electron chi connectivity index (χ3n) is 1.91. The Morgan fingerprint density at radius 1 is 1.62 bits per heavy atom. The smallest absolute Gasteiger partial charge is 0.254 e. The highest BCUT2D eigenvalue weighted by molar-refractivity contribution is 5.80. The van der Waals surface area contributed by atoms with Crippen molar-refractivity contribution in [3.05, 3.63) is 5.69 Å². The first kappa shape index (κ1) is 9.70. The van der Waals surface area contributed by atoms with Gasteiger partial charge in [0.1, 0.15) is 6.54 Å². The second-order valence-electron chi connectivity index (χ2n) is 3.28.